The summed E-state index contributed by atoms with van der Waals surface area (Å²) in [5.74, 6) is 1.53. The molecule has 0 amide bonds. The maximum atomic E-state index is 5.86. The summed E-state index contributed by atoms with van der Waals surface area (Å²) in [6.07, 6.45) is 0. The Labute approximate surface area is 138 Å². The summed E-state index contributed by atoms with van der Waals surface area (Å²) in [5, 5.41) is 4.00. The Morgan fingerprint density at radius 3 is 2.57 bits per heavy atom. The van der Waals surface area contributed by atoms with Crippen molar-refractivity contribution in [2.75, 3.05) is 20.3 Å². The van der Waals surface area contributed by atoms with Crippen molar-refractivity contribution < 1.29 is 9.47 Å². The molecule has 2 aromatic rings. The van der Waals surface area contributed by atoms with E-state index in [9.17, 15) is 0 Å². The molecule has 3 nitrogen and oxygen atoms in total. The highest BCUT2D eigenvalue weighted by atomic mass is 79.9. The second kappa shape index (κ2) is 8.39. The van der Waals surface area contributed by atoms with Crippen LogP contribution in [0.25, 0.3) is 0 Å². The predicted molar refractivity (Wildman–Crippen MR) is 89.3 cm³/mol. The number of hydrogen-bond donors (Lipinski definition) is 1. The van der Waals surface area contributed by atoms with E-state index in [1.807, 2.05) is 30.3 Å². The van der Waals surface area contributed by atoms with Crippen LogP contribution in [0.15, 0.2) is 46.9 Å². The summed E-state index contributed by atoms with van der Waals surface area (Å²) >= 11 is 9.40. The normalized spacial score (nSPS) is 10.6. The fraction of sp³-hybridized carbons (Fsp3) is 0.250. The fourth-order valence-corrected chi connectivity index (χ4v) is 2.41. The highest BCUT2D eigenvalue weighted by Crippen LogP contribution is 2.31. The van der Waals surface area contributed by atoms with Crippen molar-refractivity contribution in [3.8, 4) is 11.5 Å². The smallest absolute Gasteiger partial charge is 0.141 e. The summed E-state index contributed by atoms with van der Waals surface area (Å²) in [6.45, 7) is 2.33. The quantitative estimate of drug-likeness (QED) is 0.721. The molecule has 0 aliphatic rings. The first-order valence-electron chi connectivity index (χ1n) is 6.60. The van der Waals surface area contributed by atoms with Crippen molar-refractivity contribution in [3.05, 3.63) is 57.5 Å². The lowest BCUT2D eigenvalue weighted by atomic mass is 10.2. The van der Waals surface area contributed by atoms with E-state index >= 15 is 0 Å². The topological polar surface area (TPSA) is 30.5 Å². The van der Waals surface area contributed by atoms with Gasteiger partial charge >= 0.3 is 0 Å². The van der Waals surface area contributed by atoms with Gasteiger partial charge in [-0.2, -0.15) is 0 Å². The molecular formula is C16H17BrClNO2. The number of benzene rings is 2. The number of methoxy groups -OCH3 is 1. The zero-order chi connectivity index (χ0) is 15.1. The van der Waals surface area contributed by atoms with Gasteiger partial charge in [0.15, 0.2) is 0 Å². The average molecular weight is 371 g/mol. The van der Waals surface area contributed by atoms with Crippen LogP contribution in [0.4, 0.5) is 0 Å². The molecule has 0 radical (unpaired) electrons. The van der Waals surface area contributed by atoms with E-state index in [2.05, 4.69) is 21.2 Å². The molecule has 0 saturated carbocycles. The van der Waals surface area contributed by atoms with Gasteiger partial charge in [0.1, 0.15) is 11.5 Å². The molecule has 0 atom stereocenters. The Hall–Kier alpha value is -1.07. The third-order valence-electron chi connectivity index (χ3n) is 2.85. The lowest BCUT2D eigenvalue weighted by Crippen LogP contribution is -2.18. The highest BCUT2D eigenvalue weighted by Gasteiger charge is 2.04. The lowest BCUT2D eigenvalue weighted by Gasteiger charge is -2.10. The Morgan fingerprint density at radius 2 is 1.90 bits per heavy atom. The number of halogens is 2. The van der Waals surface area contributed by atoms with E-state index in [0.717, 1.165) is 29.1 Å². The molecule has 0 unspecified atom stereocenters. The number of hydrogen-bond acceptors (Lipinski definition) is 3. The predicted octanol–water partition coefficient (Wildman–Crippen LogP) is 4.63. The van der Waals surface area contributed by atoms with Crippen LogP contribution in [0.3, 0.4) is 0 Å². The molecule has 112 valence electrons. The van der Waals surface area contributed by atoms with Gasteiger partial charge in [0.05, 0.1) is 11.1 Å². The standard InChI is InChI=1S/C16H17BrClNO2/c1-20-9-8-19-11-12-2-7-16(15(17)10-12)21-14-5-3-13(18)4-6-14/h2-7,10,19H,8-9,11H2,1H3. The van der Waals surface area contributed by atoms with Crippen LogP contribution in [0, 0.1) is 0 Å². The van der Waals surface area contributed by atoms with Gasteiger partial charge < -0.3 is 14.8 Å². The molecule has 0 spiro atoms. The minimum atomic E-state index is 0.693. The summed E-state index contributed by atoms with van der Waals surface area (Å²) in [4.78, 5) is 0. The van der Waals surface area contributed by atoms with Gasteiger partial charge in [-0.05, 0) is 57.9 Å². The zero-order valence-electron chi connectivity index (χ0n) is 11.7. The zero-order valence-corrected chi connectivity index (χ0v) is 14.1. The van der Waals surface area contributed by atoms with Crippen LogP contribution in [-0.4, -0.2) is 20.3 Å². The van der Waals surface area contributed by atoms with Crippen molar-refractivity contribution in [2.24, 2.45) is 0 Å². The second-order valence-electron chi connectivity index (χ2n) is 4.49. The van der Waals surface area contributed by atoms with E-state index in [-0.39, 0.29) is 0 Å². The monoisotopic (exact) mass is 369 g/mol. The first-order valence-corrected chi connectivity index (χ1v) is 7.77. The van der Waals surface area contributed by atoms with Crippen molar-refractivity contribution >= 4 is 27.5 Å². The van der Waals surface area contributed by atoms with E-state index < -0.39 is 0 Å². The third-order valence-corrected chi connectivity index (χ3v) is 3.72. The molecule has 0 fully saturated rings. The summed E-state index contributed by atoms with van der Waals surface area (Å²) in [7, 11) is 1.70. The molecule has 5 heteroatoms. The first kappa shape index (κ1) is 16.3. The molecule has 0 bridgehead atoms. The van der Waals surface area contributed by atoms with Gasteiger partial charge in [0.2, 0.25) is 0 Å². The maximum Gasteiger partial charge on any atom is 0.141 e. The second-order valence-corrected chi connectivity index (χ2v) is 5.78. The molecule has 0 aliphatic heterocycles. The Morgan fingerprint density at radius 1 is 1.14 bits per heavy atom. The van der Waals surface area contributed by atoms with Crippen LogP contribution in [0.1, 0.15) is 5.56 Å². The number of nitrogens with one attached hydrogen (secondary N) is 1. The number of ether oxygens (including phenoxy) is 2. The lowest BCUT2D eigenvalue weighted by molar-refractivity contribution is 0.199. The van der Waals surface area contributed by atoms with Crippen LogP contribution < -0.4 is 10.1 Å². The molecular weight excluding hydrogens is 354 g/mol. The Balaban J connectivity index is 1.97. The Kier molecular flexibility index (Phi) is 6.51. The minimum Gasteiger partial charge on any atom is -0.456 e. The van der Waals surface area contributed by atoms with E-state index in [0.29, 0.717) is 11.6 Å². The Bertz CT molecular complexity index is 575. The summed E-state index contributed by atoms with van der Waals surface area (Å²) < 4.78 is 11.7. The molecule has 21 heavy (non-hydrogen) atoms. The molecule has 0 saturated heterocycles. The molecule has 2 aromatic carbocycles. The highest BCUT2D eigenvalue weighted by molar-refractivity contribution is 9.10. The van der Waals surface area contributed by atoms with E-state index in [1.54, 1.807) is 19.2 Å². The maximum absolute atomic E-state index is 5.86. The van der Waals surface area contributed by atoms with Gasteiger partial charge in [0, 0.05) is 25.2 Å². The van der Waals surface area contributed by atoms with Gasteiger partial charge in [-0.1, -0.05) is 17.7 Å². The molecule has 0 aliphatic carbocycles. The molecule has 1 N–H and O–H groups in total. The van der Waals surface area contributed by atoms with Gasteiger partial charge in [-0.3, -0.25) is 0 Å². The largest absolute Gasteiger partial charge is 0.456 e. The summed E-state index contributed by atoms with van der Waals surface area (Å²) in [5.41, 5.74) is 1.18. The van der Waals surface area contributed by atoms with Crippen molar-refractivity contribution in [1.82, 2.24) is 5.32 Å². The average Bonchev–Trinajstić information content (AvgIpc) is 2.48. The fourth-order valence-electron chi connectivity index (χ4n) is 1.77. The third kappa shape index (κ3) is 5.32. The molecule has 0 heterocycles. The van der Waals surface area contributed by atoms with Crippen LogP contribution in [0.5, 0.6) is 11.5 Å². The SMILES string of the molecule is COCCNCc1ccc(Oc2ccc(Cl)cc2)c(Br)c1. The van der Waals surface area contributed by atoms with E-state index in [1.165, 1.54) is 5.56 Å². The van der Waals surface area contributed by atoms with Crippen LogP contribution in [-0.2, 0) is 11.3 Å². The summed E-state index contributed by atoms with van der Waals surface area (Å²) in [6, 6.07) is 13.3. The van der Waals surface area contributed by atoms with Crippen molar-refractivity contribution in [3.63, 3.8) is 0 Å². The first-order chi connectivity index (χ1) is 10.2. The van der Waals surface area contributed by atoms with Gasteiger partial charge in [-0.25, -0.2) is 0 Å². The van der Waals surface area contributed by atoms with Crippen molar-refractivity contribution in [2.45, 2.75) is 6.54 Å². The number of rotatable bonds is 7. The van der Waals surface area contributed by atoms with E-state index in [4.69, 9.17) is 21.1 Å². The molecule has 2 rings (SSSR count). The van der Waals surface area contributed by atoms with Crippen LogP contribution >= 0.6 is 27.5 Å². The van der Waals surface area contributed by atoms with Gasteiger partial charge in [0.25, 0.3) is 0 Å². The van der Waals surface area contributed by atoms with Crippen molar-refractivity contribution in [1.29, 1.82) is 0 Å². The van der Waals surface area contributed by atoms with Gasteiger partial charge in [-0.15, -0.1) is 0 Å². The molecule has 0 aromatic heterocycles. The minimum absolute atomic E-state index is 0.693. The van der Waals surface area contributed by atoms with Crippen LogP contribution in [0.2, 0.25) is 5.02 Å².